The zero-order chi connectivity index (χ0) is 25.7. The molecule has 0 aromatic heterocycles. The Morgan fingerprint density at radius 1 is 1.03 bits per heavy atom. The van der Waals surface area contributed by atoms with E-state index in [0.29, 0.717) is 18.7 Å². The fourth-order valence-corrected chi connectivity index (χ4v) is 5.50. The van der Waals surface area contributed by atoms with Gasteiger partial charge in [0.25, 0.3) is 10.0 Å². The van der Waals surface area contributed by atoms with E-state index in [1.807, 2.05) is 36.1 Å². The molecule has 188 valence electrons. The van der Waals surface area contributed by atoms with Crippen molar-refractivity contribution in [1.29, 1.82) is 0 Å². The molecule has 0 spiro atoms. The summed E-state index contributed by atoms with van der Waals surface area (Å²) in [4.78, 5) is 26.5. The van der Waals surface area contributed by atoms with E-state index in [2.05, 4.69) is 5.32 Å². The van der Waals surface area contributed by atoms with Crippen LogP contribution in [0.25, 0.3) is 0 Å². The molecule has 7 nitrogen and oxygen atoms in total. The number of halogens is 1. The molecule has 3 aromatic carbocycles. The summed E-state index contributed by atoms with van der Waals surface area (Å²) in [6.45, 7) is 2.92. The fourth-order valence-electron chi connectivity index (χ4n) is 4.08. The summed E-state index contributed by atoms with van der Waals surface area (Å²) in [5.41, 5.74) is 3.09. The second-order valence-electron chi connectivity index (χ2n) is 8.82. The van der Waals surface area contributed by atoms with Crippen LogP contribution in [0.1, 0.15) is 29.5 Å². The number of hydrogen-bond donors (Lipinski definition) is 1. The van der Waals surface area contributed by atoms with Crippen LogP contribution in [0.15, 0.2) is 77.7 Å². The Morgan fingerprint density at radius 2 is 1.72 bits per heavy atom. The van der Waals surface area contributed by atoms with Gasteiger partial charge in [0, 0.05) is 26.1 Å². The molecule has 1 heterocycles. The van der Waals surface area contributed by atoms with Gasteiger partial charge < -0.3 is 10.2 Å². The van der Waals surface area contributed by atoms with E-state index in [9.17, 15) is 22.4 Å². The summed E-state index contributed by atoms with van der Waals surface area (Å²) < 4.78 is 41.1. The Morgan fingerprint density at radius 3 is 2.39 bits per heavy atom. The Labute approximate surface area is 210 Å². The molecule has 0 unspecified atom stereocenters. The van der Waals surface area contributed by atoms with Crippen molar-refractivity contribution in [2.75, 3.05) is 17.4 Å². The molecule has 36 heavy (non-hydrogen) atoms. The molecule has 1 aliphatic heterocycles. The van der Waals surface area contributed by atoms with Crippen molar-refractivity contribution in [3.63, 3.8) is 0 Å². The number of nitrogens with zero attached hydrogens (tertiary/aromatic N) is 2. The largest absolute Gasteiger partial charge is 0.350 e. The summed E-state index contributed by atoms with van der Waals surface area (Å²) >= 11 is 0. The highest BCUT2D eigenvalue weighted by Gasteiger charge is 2.27. The van der Waals surface area contributed by atoms with E-state index in [-0.39, 0.29) is 17.3 Å². The van der Waals surface area contributed by atoms with Crippen molar-refractivity contribution in [2.45, 2.75) is 37.8 Å². The van der Waals surface area contributed by atoms with Crippen LogP contribution in [-0.4, -0.2) is 38.2 Å². The first-order valence-electron chi connectivity index (χ1n) is 11.7. The average Bonchev–Trinajstić information content (AvgIpc) is 3.26. The van der Waals surface area contributed by atoms with E-state index >= 15 is 0 Å². The van der Waals surface area contributed by atoms with Crippen LogP contribution in [-0.2, 0) is 32.7 Å². The van der Waals surface area contributed by atoms with Crippen LogP contribution in [0.5, 0.6) is 0 Å². The van der Waals surface area contributed by atoms with Crippen molar-refractivity contribution in [2.24, 2.45) is 0 Å². The Hall–Kier alpha value is -3.72. The lowest BCUT2D eigenvalue weighted by atomic mass is 10.1. The van der Waals surface area contributed by atoms with Gasteiger partial charge in [-0.1, -0.05) is 42.0 Å². The van der Waals surface area contributed by atoms with Gasteiger partial charge in [-0.25, -0.2) is 12.8 Å². The zero-order valence-corrected chi connectivity index (χ0v) is 20.8. The Bertz CT molecular complexity index is 1340. The standard InChI is InChI=1S/C27H28FN3O4S/c1-20-7-11-24(12-8-20)31(36(34,35)25-13-9-23(28)10-14-25)19-26(32)29-17-21-4-2-5-22(16-21)18-30-15-3-6-27(30)33/h2,4-5,7-14,16H,3,6,15,17-19H2,1H3,(H,29,32). The fraction of sp³-hybridized carbons (Fsp3) is 0.259. The lowest BCUT2D eigenvalue weighted by Crippen LogP contribution is -2.40. The number of anilines is 1. The third-order valence-electron chi connectivity index (χ3n) is 6.04. The monoisotopic (exact) mass is 509 g/mol. The number of rotatable bonds is 9. The molecule has 1 saturated heterocycles. The van der Waals surface area contributed by atoms with E-state index < -0.39 is 28.3 Å². The normalized spacial score (nSPS) is 13.6. The van der Waals surface area contributed by atoms with E-state index in [1.54, 1.807) is 24.3 Å². The summed E-state index contributed by atoms with van der Waals surface area (Å²) in [6.07, 6.45) is 1.45. The van der Waals surface area contributed by atoms with E-state index in [1.165, 1.54) is 12.1 Å². The molecule has 0 saturated carbocycles. The van der Waals surface area contributed by atoms with Crippen LogP contribution in [0, 0.1) is 12.7 Å². The highest BCUT2D eigenvalue weighted by atomic mass is 32.2. The number of likely N-dealkylation sites (tertiary alicyclic amines) is 1. The highest BCUT2D eigenvalue weighted by Crippen LogP contribution is 2.24. The molecule has 1 N–H and O–H groups in total. The zero-order valence-electron chi connectivity index (χ0n) is 20.0. The molecule has 0 bridgehead atoms. The molecule has 1 aliphatic rings. The number of amides is 2. The van der Waals surface area contributed by atoms with Gasteiger partial charge in [0.15, 0.2) is 0 Å². The van der Waals surface area contributed by atoms with Gasteiger partial charge in [-0.15, -0.1) is 0 Å². The van der Waals surface area contributed by atoms with Crippen LogP contribution in [0.4, 0.5) is 10.1 Å². The molecular formula is C27H28FN3O4S. The second kappa shape index (κ2) is 10.9. The number of sulfonamides is 1. The minimum absolute atomic E-state index is 0.110. The molecule has 4 rings (SSSR count). The maximum Gasteiger partial charge on any atom is 0.264 e. The molecule has 0 aliphatic carbocycles. The molecule has 0 atom stereocenters. The minimum atomic E-state index is -4.12. The van der Waals surface area contributed by atoms with Crippen molar-refractivity contribution in [3.8, 4) is 0 Å². The first-order chi connectivity index (χ1) is 17.2. The third-order valence-corrected chi connectivity index (χ3v) is 7.82. The predicted molar refractivity (Wildman–Crippen MR) is 135 cm³/mol. The number of nitrogens with one attached hydrogen (secondary N) is 1. The maximum absolute atomic E-state index is 13.4. The minimum Gasteiger partial charge on any atom is -0.350 e. The van der Waals surface area contributed by atoms with Gasteiger partial charge in [0.05, 0.1) is 10.6 Å². The van der Waals surface area contributed by atoms with Gasteiger partial charge in [0.2, 0.25) is 11.8 Å². The first kappa shape index (κ1) is 25.4. The number of hydrogen-bond acceptors (Lipinski definition) is 4. The van der Waals surface area contributed by atoms with Crippen LogP contribution >= 0.6 is 0 Å². The summed E-state index contributed by atoms with van der Waals surface area (Å²) in [7, 11) is -4.12. The Kier molecular flexibility index (Phi) is 7.69. The number of aryl methyl sites for hydroxylation is 1. The third kappa shape index (κ3) is 6.09. The maximum atomic E-state index is 13.4. The molecule has 1 fully saturated rings. The molecule has 9 heteroatoms. The van der Waals surface area contributed by atoms with Gasteiger partial charge in [-0.2, -0.15) is 0 Å². The van der Waals surface area contributed by atoms with E-state index in [4.69, 9.17) is 0 Å². The van der Waals surface area contributed by atoms with Crippen molar-refractivity contribution in [3.05, 3.63) is 95.3 Å². The van der Waals surface area contributed by atoms with Crippen molar-refractivity contribution in [1.82, 2.24) is 10.2 Å². The van der Waals surface area contributed by atoms with Crippen molar-refractivity contribution < 1.29 is 22.4 Å². The summed E-state index contributed by atoms with van der Waals surface area (Å²) in [6, 6.07) is 18.9. The lowest BCUT2D eigenvalue weighted by molar-refractivity contribution is -0.128. The quantitative estimate of drug-likeness (QED) is 0.476. The van der Waals surface area contributed by atoms with Crippen molar-refractivity contribution >= 4 is 27.5 Å². The highest BCUT2D eigenvalue weighted by molar-refractivity contribution is 7.92. The number of benzene rings is 3. The topological polar surface area (TPSA) is 86.8 Å². The van der Waals surface area contributed by atoms with Gasteiger partial charge in [0.1, 0.15) is 12.4 Å². The lowest BCUT2D eigenvalue weighted by Gasteiger charge is -2.24. The van der Waals surface area contributed by atoms with Crippen LogP contribution < -0.4 is 9.62 Å². The first-order valence-corrected chi connectivity index (χ1v) is 13.1. The number of carbonyl (C=O) groups excluding carboxylic acids is 2. The van der Waals surface area contributed by atoms with Gasteiger partial charge >= 0.3 is 0 Å². The smallest absolute Gasteiger partial charge is 0.264 e. The summed E-state index contributed by atoms with van der Waals surface area (Å²) in [5, 5.41) is 2.79. The van der Waals surface area contributed by atoms with Crippen LogP contribution in [0.2, 0.25) is 0 Å². The van der Waals surface area contributed by atoms with E-state index in [0.717, 1.165) is 46.1 Å². The predicted octanol–water partition coefficient (Wildman–Crippen LogP) is 3.77. The molecular weight excluding hydrogens is 481 g/mol. The molecule has 0 radical (unpaired) electrons. The SMILES string of the molecule is Cc1ccc(N(CC(=O)NCc2cccc(CN3CCCC3=O)c2)S(=O)(=O)c2ccc(F)cc2)cc1. The average molecular weight is 510 g/mol. The second-order valence-corrected chi connectivity index (χ2v) is 10.7. The number of carbonyl (C=O) groups is 2. The van der Waals surface area contributed by atoms with Gasteiger partial charge in [-0.05, 0) is 60.9 Å². The Balaban J connectivity index is 1.47. The molecule has 2 amide bonds. The van der Waals surface area contributed by atoms with Crippen LogP contribution in [0.3, 0.4) is 0 Å². The van der Waals surface area contributed by atoms with Gasteiger partial charge in [-0.3, -0.25) is 13.9 Å². The summed E-state index contributed by atoms with van der Waals surface area (Å²) in [5.74, 6) is -0.890. The molecule has 3 aromatic rings.